The first-order chi connectivity index (χ1) is 4.52. The minimum atomic E-state index is -4.02. The third kappa shape index (κ3) is 6.03. The summed E-state index contributed by atoms with van der Waals surface area (Å²) in [4.78, 5) is 0. The summed E-state index contributed by atoms with van der Waals surface area (Å²) in [7, 11) is -4.02. The molecule has 0 aliphatic heterocycles. The molecule has 0 unspecified atom stereocenters. The Balaban J connectivity index is 0. The van der Waals surface area contributed by atoms with Crippen LogP contribution in [0.1, 0.15) is 6.92 Å². The van der Waals surface area contributed by atoms with Gasteiger partial charge in [0.25, 0.3) is 0 Å². The van der Waals surface area contributed by atoms with Crippen molar-refractivity contribution in [3.8, 4) is 0 Å². The standard InChI is InChI=1S/C4H12N2O3S.Na.H/c1-2-6(4-3-5)10(7,8)9;;/h2-5H2,1H3,(H,7,8,9);;. The SMILES string of the molecule is CCN(CCN)S(=O)(=O)O.[NaH]. The van der Waals surface area contributed by atoms with E-state index >= 15 is 0 Å². The molecule has 0 rings (SSSR count). The van der Waals surface area contributed by atoms with E-state index in [9.17, 15) is 8.42 Å². The molecule has 0 heterocycles. The summed E-state index contributed by atoms with van der Waals surface area (Å²) in [6.07, 6.45) is 0. The van der Waals surface area contributed by atoms with Crippen molar-refractivity contribution < 1.29 is 13.0 Å². The van der Waals surface area contributed by atoms with Crippen LogP contribution in [0.2, 0.25) is 0 Å². The van der Waals surface area contributed by atoms with Crippen LogP contribution in [-0.2, 0) is 10.3 Å². The summed E-state index contributed by atoms with van der Waals surface area (Å²) >= 11 is 0. The summed E-state index contributed by atoms with van der Waals surface area (Å²) in [5, 5.41) is 0. The van der Waals surface area contributed by atoms with Crippen molar-refractivity contribution in [1.29, 1.82) is 0 Å². The van der Waals surface area contributed by atoms with Gasteiger partial charge in [-0.25, -0.2) is 0 Å². The second-order valence-corrected chi connectivity index (χ2v) is 3.17. The van der Waals surface area contributed by atoms with Crippen molar-refractivity contribution in [2.24, 2.45) is 5.73 Å². The van der Waals surface area contributed by atoms with E-state index in [0.717, 1.165) is 4.31 Å². The predicted octanol–water partition coefficient (Wildman–Crippen LogP) is -1.58. The Bertz CT molecular complexity index is 182. The van der Waals surface area contributed by atoms with Gasteiger partial charge in [-0.2, -0.15) is 12.7 Å². The van der Waals surface area contributed by atoms with Crippen LogP contribution in [0, 0.1) is 0 Å². The summed E-state index contributed by atoms with van der Waals surface area (Å²) in [6, 6.07) is 0. The fraction of sp³-hybridized carbons (Fsp3) is 1.00. The summed E-state index contributed by atoms with van der Waals surface area (Å²) in [6.45, 7) is 2.25. The molecular weight excluding hydrogens is 179 g/mol. The maximum atomic E-state index is 10.4. The van der Waals surface area contributed by atoms with Crippen LogP contribution < -0.4 is 5.73 Å². The normalized spacial score (nSPS) is 11.3. The Morgan fingerprint density at radius 1 is 1.55 bits per heavy atom. The van der Waals surface area contributed by atoms with Crippen molar-refractivity contribution in [2.45, 2.75) is 6.92 Å². The van der Waals surface area contributed by atoms with Gasteiger partial charge in [0, 0.05) is 19.6 Å². The maximum absolute atomic E-state index is 10.4. The van der Waals surface area contributed by atoms with Gasteiger partial charge in [0.2, 0.25) is 0 Å². The van der Waals surface area contributed by atoms with Gasteiger partial charge in [-0.05, 0) is 0 Å². The van der Waals surface area contributed by atoms with E-state index in [1.165, 1.54) is 0 Å². The van der Waals surface area contributed by atoms with E-state index in [1.54, 1.807) is 6.92 Å². The van der Waals surface area contributed by atoms with Crippen LogP contribution in [-0.4, -0.2) is 66.5 Å². The quantitative estimate of drug-likeness (QED) is 0.416. The Morgan fingerprint density at radius 2 is 2.00 bits per heavy atom. The Hall–Kier alpha value is 0.830. The third-order valence-corrected chi connectivity index (χ3v) is 2.15. The van der Waals surface area contributed by atoms with Gasteiger partial charge >= 0.3 is 39.9 Å². The molecule has 0 aromatic carbocycles. The fourth-order valence-electron chi connectivity index (χ4n) is 0.581. The average molecular weight is 192 g/mol. The molecule has 0 radical (unpaired) electrons. The summed E-state index contributed by atoms with van der Waals surface area (Å²) in [5.41, 5.74) is 5.08. The Kier molecular flexibility index (Phi) is 8.30. The number of nitrogens with zero attached hydrogens (tertiary/aromatic N) is 1. The molecule has 11 heavy (non-hydrogen) atoms. The van der Waals surface area contributed by atoms with E-state index < -0.39 is 10.3 Å². The van der Waals surface area contributed by atoms with Crippen molar-refractivity contribution in [2.75, 3.05) is 19.6 Å². The number of hydrogen-bond donors (Lipinski definition) is 2. The van der Waals surface area contributed by atoms with Crippen LogP contribution in [0.5, 0.6) is 0 Å². The molecule has 0 aromatic heterocycles. The molecule has 0 aliphatic rings. The van der Waals surface area contributed by atoms with Crippen molar-refractivity contribution in [3.63, 3.8) is 0 Å². The van der Waals surface area contributed by atoms with Gasteiger partial charge in [-0.3, -0.25) is 4.55 Å². The van der Waals surface area contributed by atoms with Gasteiger partial charge in [0.05, 0.1) is 0 Å². The predicted molar refractivity (Wildman–Crippen MR) is 45.0 cm³/mol. The molecule has 0 aliphatic carbocycles. The molecular formula is C4H13N2NaO3S. The van der Waals surface area contributed by atoms with Gasteiger partial charge in [-0.15, -0.1) is 0 Å². The van der Waals surface area contributed by atoms with E-state index in [0.29, 0.717) is 0 Å². The molecule has 0 amide bonds. The van der Waals surface area contributed by atoms with Gasteiger partial charge in [-0.1, -0.05) is 6.92 Å². The number of nitrogens with two attached hydrogens (primary N) is 1. The summed E-state index contributed by atoms with van der Waals surface area (Å²) in [5.74, 6) is 0. The molecule has 64 valence electrons. The zero-order chi connectivity index (χ0) is 8.20. The molecule has 0 bridgehead atoms. The molecule has 0 spiro atoms. The minimum absolute atomic E-state index is 0. The molecule has 0 aromatic rings. The van der Waals surface area contributed by atoms with Gasteiger partial charge in [0.15, 0.2) is 0 Å². The van der Waals surface area contributed by atoms with E-state index in [1.807, 2.05) is 0 Å². The van der Waals surface area contributed by atoms with Crippen LogP contribution in [0.15, 0.2) is 0 Å². The van der Waals surface area contributed by atoms with E-state index in [4.69, 9.17) is 10.3 Å². The molecule has 0 saturated carbocycles. The second-order valence-electron chi connectivity index (χ2n) is 1.76. The van der Waals surface area contributed by atoms with Gasteiger partial charge in [0.1, 0.15) is 0 Å². The molecule has 0 fully saturated rings. The zero-order valence-electron chi connectivity index (χ0n) is 5.82. The number of hydrogen-bond acceptors (Lipinski definition) is 3. The Morgan fingerprint density at radius 3 is 2.09 bits per heavy atom. The molecule has 0 saturated heterocycles. The van der Waals surface area contributed by atoms with Crippen LogP contribution in [0.4, 0.5) is 0 Å². The topological polar surface area (TPSA) is 83.6 Å². The van der Waals surface area contributed by atoms with Crippen LogP contribution in [0.25, 0.3) is 0 Å². The summed E-state index contributed by atoms with van der Waals surface area (Å²) < 4.78 is 30.1. The number of rotatable bonds is 4. The van der Waals surface area contributed by atoms with Crippen molar-refractivity contribution >= 4 is 39.9 Å². The first kappa shape index (κ1) is 14.4. The second kappa shape index (κ2) is 6.36. The third-order valence-electron chi connectivity index (χ3n) is 1.06. The first-order valence-corrected chi connectivity index (χ1v) is 4.34. The molecule has 7 heteroatoms. The van der Waals surface area contributed by atoms with Crippen molar-refractivity contribution in [3.05, 3.63) is 0 Å². The monoisotopic (exact) mass is 192 g/mol. The van der Waals surface area contributed by atoms with Gasteiger partial charge < -0.3 is 5.73 Å². The van der Waals surface area contributed by atoms with E-state index in [-0.39, 0.29) is 49.2 Å². The molecule has 5 nitrogen and oxygen atoms in total. The first-order valence-electron chi connectivity index (χ1n) is 2.95. The van der Waals surface area contributed by atoms with Crippen LogP contribution >= 0.6 is 0 Å². The molecule has 3 N–H and O–H groups in total. The zero-order valence-corrected chi connectivity index (χ0v) is 6.63. The average Bonchev–Trinajstić information content (AvgIpc) is 1.80. The molecule has 0 atom stereocenters. The number of likely N-dealkylation sites (N-methyl/N-ethyl adjacent to an activating group) is 1. The Labute approximate surface area is 89.1 Å². The van der Waals surface area contributed by atoms with Crippen molar-refractivity contribution in [1.82, 2.24) is 4.31 Å². The van der Waals surface area contributed by atoms with Crippen LogP contribution in [0.3, 0.4) is 0 Å². The fourth-order valence-corrected chi connectivity index (χ4v) is 1.24. The van der Waals surface area contributed by atoms with E-state index in [2.05, 4.69) is 0 Å².